The van der Waals surface area contributed by atoms with Gasteiger partial charge in [-0.25, -0.2) is 0 Å². The van der Waals surface area contributed by atoms with Crippen LogP contribution in [0.3, 0.4) is 0 Å². The minimum Gasteiger partial charge on any atom is -0.489 e. The molecule has 158 valence electrons. The van der Waals surface area contributed by atoms with Crippen molar-refractivity contribution in [2.45, 2.75) is 19.4 Å². The Kier molecular flexibility index (Phi) is 8.13. The van der Waals surface area contributed by atoms with Crippen LogP contribution in [0.5, 0.6) is 5.75 Å². The van der Waals surface area contributed by atoms with Gasteiger partial charge in [0.15, 0.2) is 5.11 Å². The number of hydrazine groups is 1. The van der Waals surface area contributed by atoms with Crippen molar-refractivity contribution >= 4 is 29.1 Å². The number of thiocarbonyl (C=S) groups is 1. The zero-order valence-corrected chi connectivity index (χ0v) is 17.7. The van der Waals surface area contributed by atoms with Gasteiger partial charge >= 0.3 is 0 Å². The predicted molar refractivity (Wildman–Crippen MR) is 123 cm³/mol. The molecule has 0 aliphatic heterocycles. The van der Waals surface area contributed by atoms with E-state index < -0.39 is 0 Å². The number of rotatable bonds is 7. The third-order valence-corrected chi connectivity index (χ3v) is 4.60. The van der Waals surface area contributed by atoms with E-state index in [0.29, 0.717) is 30.8 Å². The smallest absolute Gasteiger partial charge is 0.269 e. The minimum absolute atomic E-state index is 0.0363. The van der Waals surface area contributed by atoms with Crippen molar-refractivity contribution in [1.29, 1.82) is 0 Å². The molecule has 0 bridgehead atoms. The molecule has 0 radical (unpaired) electrons. The van der Waals surface area contributed by atoms with Crippen LogP contribution in [0.4, 0.5) is 0 Å². The van der Waals surface area contributed by atoms with Crippen molar-refractivity contribution in [2.24, 2.45) is 0 Å². The molecule has 7 heteroatoms. The van der Waals surface area contributed by atoms with Crippen molar-refractivity contribution in [2.75, 3.05) is 0 Å². The third kappa shape index (κ3) is 7.56. The molecule has 3 aromatic rings. The van der Waals surface area contributed by atoms with Gasteiger partial charge in [-0.2, -0.15) is 0 Å². The van der Waals surface area contributed by atoms with Gasteiger partial charge in [0.25, 0.3) is 5.91 Å². The number of nitrogens with one attached hydrogen (secondary N) is 3. The molecule has 0 aromatic heterocycles. The van der Waals surface area contributed by atoms with Crippen LogP contribution in [0.25, 0.3) is 0 Å². The van der Waals surface area contributed by atoms with Crippen LogP contribution in [0.15, 0.2) is 84.9 Å². The van der Waals surface area contributed by atoms with E-state index in [4.69, 9.17) is 17.0 Å². The quantitative estimate of drug-likeness (QED) is 0.392. The summed E-state index contributed by atoms with van der Waals surface area (Å²) < 4.78 is 5.71. The average molecular weight is 434 g/mol. The lowest BCUT2D eigenvalue weighted by atomic mass is 10.1. The molecule has 2 amide bonds. The first-order valence-electron chi connectivity index (χ1n) is 9.81. The Morgan fingerprint density at radius 2 is 1.39 bits per heavy atom. The average Bonchev–Trinajstić information content (AvgIpc) is 2.81. The molecule has 0 aliphatic rings. The fraction of sp³-hybridized carbons (Fsp3) is 0.125. The first-order chi connectivity index (χ1) is 15.1. The molecule has 0 heterocycles. The Hall–Kier alpha value is -3.71. The summed E-state index contributed by atoms with van der Waals surface area (Å²) in [5.41, 5.74) is 7.57. The molecule has 0 saturated carbocycles. The molecule has 3 N–H and O–H groups in total. The van der Waals surface area contributed by atoms with Crippen LogP contribution < -0.4 is 20.9 Å². The van der Waals surface area contributed by atoms with E-state index in [-0.39, 0.29) is 16.9 Å². The molecule has 0 fully saturated rings. The highest BCUT2D eigenvalue weighted by Gasteiger charge is 2.08. The zero-order chi connectivity index (χ0) is 21.9. The molecule has 0 spiro atoms. The summed E-state index contributed by atoms with van der Waals surface area (Å²) in [7, 11) is 0. The molecule has 0 aliphatic carbocycles. The fourth-order valence-electron chi connectivity index (χ4n) is 2.75. The van der Waals surface area contributed by atoms with Gasteiger partial charge in [0, 0.05) is 12.0 Å². The Bertz CT molecular complexity index is 1010. The highest BCUT2D eigenvalue weighted by atomic mass is 32.1. The van der Waals surface area contributed by atoms with Gasteiger partial charge < -0.3 is 10.1 Å². The summed E-state index contributed by atoms with van der Waals surface area (Å²) in [5, 5.41) is 2.58. The maximum Gasteiger partial charge on any atom is 0.269 e. The van der Waals surface area contributed by atoms with Gasteiger partial charge in [0.05, 0.1) is 0 Å². The minimum atomic E-state index is -0.379. The number of ether oxygens (including phenoxy) is 1. The highest BCUT2D eigenvalue weighted by molar-refractivity contribution is 7.80. The molecule has 3 aromatic carbocycles. The van der Waals surface area contributed by atoms with E-state index in [9.17, 15) is 9.59 Å². The van der Waals surface area contributed by atoms with Gasteiger partial charge in [-0.1, -0.05) is 60.7 Å². The van der Waals surface area contributed by atoms with E-state index in [1.807, 2.05) is 60.7 Å². The van der Waals surface area contributed by atoms with Gasteiger partial charge in [0.1, 0.15) is 12.4 Å². The maximum atomic E-state index is 12.2. The fourth-order valence-corrected chi connectivity index (χ4v) is 2.92. The van der Waals surface area contributed by atoms with Crippen molar-refractivity contribution in [3.63, 3.8) is 0 Å². The monoisotopic (exact) mass is 433 g/mol. The molecule has 6 nitrogen and oxygen atoms in total. The second kappa shape index (κ2) is 11.5. The number of hydrogen-bond donors (Lipinski definition) is 3. The number of hydrogen-bond acceptors (Lipinski definition) is 4. The molecule has 0 saturated heterocycles. The van der Waals surface area contributed by atoms with Crippen molar-refractivity contribution in [3.8, 4) is 5.75 Å². The van der Waals surface area contributed by atoms with Gasteiger partial charge in [-0.15, -0.1) is 0 Å². The van der Waals surface area contributed by atoms with E-state index in [2.05, 4.69) is 16.2 Å². The predicted octanol–water partition coefficient (Wildman–Crippen LogP) is 3.53. The van der Waals surface area contributed by atoms with E-state index in [1.165, 1.54) is 0 Å². The summed E-state index contributed by atoms with van der Waals surface area (Å²) >= 11 is 5.05. The lowest BCUT2D eigenvalue weighted by Gasteiger charge is -2.11. The summed E-state index contributed by atoms with van der Waals surface area (Å²) in [6, 6.07) is 26.3. The van der Waals surface area contributed by atoms with Crippen molar-refractivity contribution in [1.82, 2.24) is 16.2 Å². The van der Waals surface area contributed by atoms with Crippen molar-refractivity contribution in [3.05, 3.63) is 102 Å². The Morgan fingerprint density at radius 3 is 2.03 bits per heavy atom. The standard InChI is InChI=1S/C24H23N3O3S/c28-22(16-11-18-7-3-1-4-8-18)25-24(31)27-26-23(29)20-12-14-21(15-13-20)30-17-19-9-5-2-6-10-19/h1-10,12-15H,11,16-17H2,(H,26,29)(H2,25,27,28,31). The Labute approximate surface area is 186 Å². The Morgan fingerprint density at radius 1 is 0.774 bits per heavy atom. The van der Waals surface area contributed by atoms with E-state index >= 15 is 0 Å². The third-order valence-electron chi connectivity index (χ3n) is 4.39. The topological polar surface area (TPSA) is 79.5 Å². The van der Waals surface area contributed by atoms with Gasteiger partial charge in [-0.3, -0.25) is 20.4 Å². The van der Waals surface area contributed by atoms with Gasteiger partial charge in [0.2, 0.25) is 5.91 Å². The zero-order valence-electron chi connectivity index (χ0n) is 16.8. The number of amides is 2. The van der Waals surface area contributed by atoms with E-state index in [0.717, 1.165) is 11.1 Å². The molecular formula is C24H23N3O3S. The summed E-state index contributed by atoms with van der Waals surface area (Å²) in [5.74, 6) is 0.0561. The van der Waals surface area contributed by atoms with Crippen molar-refractivity contribution < 1.29 is 14.3 Å². The molecule has 0 atom stereocenters. The van der Waals surface area contributed by atoms with E-state index in [1.54, 1.807) is 24.3 Å². The first kappa shape index (κ1) is 22.0. The van der Waals surface area contributed by atoms with Crippen LogP contribution >= 0.6 is 12.2 Å². The van der Waals surface area contributed by atoms with Crippen LogP contribution in [0.1, 0.15) is 27.9 Å². The maximum absolute atomic E-state index is 12.2. The molecule has 0 unspecified atom stereocenters. The summed E-state index contributed by atoms with van der Waals surface area (Å²) in [6.07, 6.45) is 0.907. The highest BCUT2D eigenvalue weighted by Crippen LogP contribution is 2.14. The first-order valence-corrected chi connectivity index (χ1v) is 10.2. The number of benzene rings is 3. The normalized spacial score (nSPS) is 10.1. The molecular weight excluding hydrogens is 410 g/mol. The lowest BCUT2D eigenvalue weighted by Crippen LogP contribution is -2.48. The van der Waals surface area contributed by atoms with Crippen LogP contribution in [0.2, 0.25) is 0 Å². The largest absolute Gasteiger partial charge is 0.489 e. The van der Waals surface area contributed by atoms with Crippen LogP contribution in [0, 0.1) is 0 Å². The number of aryl methyl sites for hydroxylation is 1. The summed E-state index contributed by atoms with van der Waals surface area (Å²) in [4.78, 5) is 24.2. The molecule has 3 rings (SSSR count). The van der Waals surface area contributed by atoms with Gasteiger partial charge in [-0.05, 0) is 54.0 Å². The second-order valence-corrected chi connectivity index (χ2v) is 7.15. The molecule has 31 heavy (non-hydrogen) atoms. The Balaban J connectivity index is 1.38. The van der Waals surface area contributed by atoms with Crippen LogP contribution in [-0.4, -0.2) is 16.9 Å². The SMILES string of the molecule is O=C(CCc1ccccc1)NC(=S)NNC(=O)c1ccc(OCc2ccccc2)cc1. The van der Waals surface area contributed by atoms with Crippen LogP contribution in [-0.2, 0) is 17.8 Å². The number of carbonyl (C=O) groups is 2. The lowest BCUT2D eigenvalue weighted by molar-refractivity contribution is -0.119. The summed E-state index contributed by atoms with van der Waals surface area (Å²) in [6.45, 7) is 0.451. The number of carbonyl (C=O) groups excluding carboxylic acids is 2. The second-order valence-electron chi connectivity index (χ2n) is 6.74.